The predicted molar refractivity (Wildman–Crippen MR) is 58.3 cm³/mol. The molecule has 0 bridgehead atoms. The summed E-state index contributed by atoms with van der Waals surface area (Å²) in [6.45, 7) is 5.07. The Labute approximate surface area is 92.5 Å². The number of piperazine rings is 1. The fourth-order valence-corrected chi connectivity index (χ4v) is 2.04. The van der Waals surface area contributed by atoms with Crippen molar-refractivity contribution in [3.8, 4) is 0 Å². The Morgan fingerprint density at radius 2 is 2.38 bits per heavy atom. The zero-order chi connectivity index (χ0) is 11.0. The van der Waals surface area contributed by atoms with E-state index in [1.165, 1.54) is 0 Å². The maximum absolute atomic E-state index is 4.17. The van der Waals surface area contributed by atoms with Crippen molar-refractivity contribution in [2.75, 3.05) is 24.5 Å². The Balaban J connectivity index is 2.07. The Bertz CT molecular complexity index is 493. The molecule has 0 saturated carbocycles. The van der Waals surface area contributed by atoms with Gasteiger partial charge in [0.15, 0.2) is 11.5 Å². The fraction of sp³-hybridized carbons (Fsp3) is 0.556. The topological polar surface area (TPSA) is 71.2 Å². The van der Waals surface area contributed by atoms with Crippen LogP contribution < -0.4 is 10.2 Å². The number of anilines is 1. The molecule has 1 saturated heterocycles. The molecule has 0 aliphatic carbocycles. The normalized spacial score (nSPS) is 21.6. The molecule has 0 aromatic carbocycles. The second kappa shape index (κ2) is 3.67. The first-order chi connectivity index (χ1) is 7.86. The summed E-state index contributed by atoms with van der Waals surface area (Å²) in [5.41, 5.74) is 0.684. The fourth-order valence-electron chi connectivity index (χ4n) is 2.04. The molecule has 84 valence electrons. The number of rotatable bonds is 1. The van der Waals surface area contributed by atoms with Crippen LogP contribution in [0.25, 0.3) is 5.65 Å². The molecule has 0 radical (unpaired) electrons. The third-order valence-corrected chi connectivity index (χ3v) is 2.89. The van der Waals surface area contributed by atoms with Gasteiger partial charge in [-0.2, -0.15) is 4.52 Å². The lowest BCUT2D eigenvalue weighted by Gasteiger charge is -2.35. The number of hydrogen-bond acceptors (Lipinski definition) is 6. The summed E-state index contributed by atoms with van der Waals surface area (Å²) >= 11 is 0. The van der Waals surface area contributed by atoms with Crippen molar-refractivity contribution in [1.29, 1.82) is 0 Å². The lowest BCUT2D eigenvalue weighted by atomic mass is 10.2. The second-order valence-corrected chi connectivity index (χ2v) is 3.96. The molecule has 3 rings (SSSR count). The molecule has 16 heavy (non-hydrogen) atoms. The van der Waals surface area contributed by atoms with Crippen LogP contribution in [0.3, 0.4) is 0 Å². The van der Waals surface area contributed by atoms with Gasteiger partial charge in [-0.3, -0.25) is 4.98 Å². The first kappa shape index (κ1) is 9.46. The standard InChI is InChI=1S/C9H13N7/c1-7-4-10-2-3-15(7)9-6-11-5-8-12-13-14-16(8)9/h5-7,10H,2-4H2,1H3. The molecule has 1 fully saturated rings. The van der Waals surface area contributed by atoms with Crippen molar-refractivity contribution in [3.63, 3.8) is 0 Å². The van der Waals surface area contributed by atoms with Crippen LogP contribution in [0.2, 0.25) is 0 Å². The quantitative estimate of drug-likeness (QED) is 0.685. The Kier molecular flexibility index (Phi) is 2.17. The predicted octanol–water partition coefficient (Wildman–Crippen LogP) is -0.683. The molecule has 1 atom stereocenters. The van der Waals surface area contributed by atoms with Gasteiger partial charge in [-0.15, -0.1) is 5.10 Å². The van der Waals surface area contributed by atoms with Crippen LogP contribution in [-0.4, -0.2) is 50.7 Å². The summed E-state index contributed by atoms with van der Waals surface area (Å²) in [5, 5.41) is 14.9. The Morgan fingerprint density at radius 3 is 3.25 bits per heavy atom. The third-order valence-electron chi connectivity index (χ3n) is 2.89. The van der Waals surface area contributed by atoms with Gasteiger partial charge in [-0.1, -0.05) is 0 Å². The van der Waals surface area contributed by atoms with Gasteiger partial charge in [0, 0.05) is 25.7 Å². The average molecular weight is 219 g/mol. The lowest BCUT2D eigenvalue weighted by Crippen LogP contribution is -2.50. The molecule has 1 aliphatic heterocycles. The first-order valence-electron chi connectivity index (χ1n) is 5.36. The van der Waals surface area contributed by atoms with Gasteiger partial charge in [0.25, 0.3) is 0 Å². The van der Waals surface area contributed by atoms with Crippen LogP contribution >= 0.6 is 0 Å². The average Bonchev–Trinajstić information content (AvgIpc) is 2.77. The SMILES string of the molecule is CC1CNCCN1c1cncc2nnnn12. The first-order valence-corrected chi connectivity index (χ1v) is 5.36. The number of nitrogens with zero attached hydrogens (tertiary/aromatic N) is 6. The molecule has 0 amide bonds. The Hall–Kier alpha value is -1.76. The Morgan fingerprint density at radius 1 is 1.44 bits per heavy atom. The molecule has 3 heterocycles. The van der Waals surface area contributed by atoms with Gasteiger partial charge in [0.1, 0.15) is 0 Å². The van der Waals surface area contributed by atoms with Gasteiger partial charge in [0.05, 0.1) is 12.4 Å². The molecule has 2 aromatic heterocycles. The molecule has 1 N–H and O–H groups in total. The molecule has 7 nitrogen and oxygen atoms in total. The van der Waals surface area contributed by atoms with Gasteiger partial charge >= 0.3 is 0 Å². The maximum atomic E-state index is 4.17. The van der Waals surface area contributed by atoms with Crippen LogP contribution in [0.1, 0.15) is 6.92 Å². The van der Waals surface area contributed by atoms with Crippen molar-refractivity contribution >= 4 is 11.5 Å². The van der Waals surface area contributed by atoms with E-state index < -0.39 is 0 Å². The van der Waals surface area contributed by atoms with E-state index >= 15 is 0 Å². The smallest absolute Gasteiger partial charge is 0.199 e. The van der Waals surface area contributed by atoms with Gasteiger partial charge in [-0.25, -0.2) is 0 Å². The van der Waals surface area contributed by atoms with Crippen molar-refractivity contribution in [1.82, 2.24) is 30.3 Å². The summed E-state index contributed by atoms with van der Waals surface area (Å²) in [6, 6.07) is 0.422. The highest BCUT2D eigenvalue weighted by Gasteiger charge is 2.21. The summed E-state index contributed by atoms with van der Waals surface area (Å²) < 4.78 is 1.73. The molecular weight excluding hydrogens is 206 g/mol. The summed E-state index contributed by atoms with van der Waals surface area (Å²) in [7, 11) is 0. The highest BCUT2D eigenvalue weighted by atomic mass is 15.5. The van der Waals surface area contributed by atoms with Crippen LogP contribution in [0.4, 0.5) is 5.82 Å². The van der Waals surface area contributed by atoms with Crippen LogP contribution in [0.5, 0.6) is 0 Å². The van der Waals surface area contributed by atoms with Crippen molar-refractivity contribution < 1.29 is 0 Å². The molecule has 1 unspecified atom stereocenters. The van der Waals surface area contributed by atoms with Crippen LogP contribution in [-0.2, 0) is 0 Å². The van der Waals surface area contributed by atoms with Crippen LogP contribution in [0.15, 0.2) is 12.4 Å². The van der Waals surface area contributed by atoms with E-state index in [9.17, 15) is 0 Å². The van der Waals surface area contributed by atoms with Gasteiger partial charge in [0.2, 0.25) is 0 Å². The van der Waals surface area contributed by atoms with E-state index in [4.69, 9.17) is 0 Å². The molecule has 1 aliphatic rings. The minimum absolute atomic E-state index is 0.422. The highest BCUT2D eigenvalue weighted by molar-refractivity contribution is 5.47. The van der Waals surface area contributed by atoms with E-state index in [0.717, 1.165) is 25.5 Å². The van der Waals surface area contributed by atoms with Crippen molar-refractivity contribution in [3.05, 3.63) is 12.4 Å². The monoisotopic (exact) mass is 219 g/mol. The minimum atomic E-state index is 0.422. The zero-order valence-electron chi connectivity index (χ0n) is 9.04. The number of hydrogen-bond donors (Lipinski definition) is 1. The molecular formula is C9H13N7. The molecule has 0 spiro atoms. The van der Waals surface area contributed by atoms with Gasteiger partial charge in [-0.05, 0) is 17.4 Å². The number of aromatic nitrogens is 5. The zero-order valence-corrected chi connectivity index (χ0v) is 9.04. The minimum Gasteiger partial charge on any atom is -0.350 e. The van der Waals surface area contributed by atoms with Crippen LogP contribution in [0, 0.1) is 0 Å². The van der Waals surface area contributed by atoms with E-state index in [0.29, 0.717) is 11.7 Å². The van der Waals surface area contributed by atoms with E-state index in [2.05, 4.69) is 37.6 Å². The van der Waals surface area contributed by atoms with Crippen molar-refractivity contribution in [2.45, 2.75) is 13.0 Å². The maximum Gasteiger partial charge on any atom is 0.199 e. The van der Waals surface area contributed by atoms with E-state index in [1.54, 1.807) is 10.7 Å². The van der Waals surface area contributed by atoms with E-state index in [-0.39, 0.29) is 0 Å². The third kappa shape index (κ3) is 1.40. The van der Waals surface area contributed by atoms with Crippen molar-refractivity contribution in [2.24, 2.45) is 0 Å². The molecule has 2 aromatic rings. The number of tetrazole rings is 1. The summed E-state index contributed by atoms with van der Waals surface area (Å²) in [4.78, 5) is 6.44. The molecule has 7 heteroatoms. The summed E-state index contributed by atoms with van der Waals surface area (Å²) in [6.07, 6.45) is 3.47. The number of fused-ring (bicyclic) bond motifs is 1. The summed E-state index contributed by atoms with van der Waals surface area (Å²) in [5.74, 6) is 0.955. The lowest BCUT2D eigenvalue weighted by molar-refractivity contribution is 0.492. The number of nitrogens with one attached hydrogen (secondary N) is 1. The highest BCUT2D eigenvalue weighted by Crippen LogP contribution is 2.16. The second-order valence-electron chi connectivity index (χ2n) is 3.96. The van der Waals surface area contributed by atoms with Gasteiger partial charge < -0.3 is 10.2 Å². The largest absolute Gasteiger partial charge is 0.350 e. The van der Waals surface area contributed by atoms with E-state index in [1.807, 2.05) is 6.20 Å².